The molecule has 18 heavy (non-hydrogen) atoms. The molecule has 0 unspecified atom stereocenters. The maximum atomic E-state index is 11.9. The monoisotopic (exact) mass is 239 g/mol. The number of ketones is 1. The Labute approximate surface area is 108 Å². The molecule has 2 nitrogen and oxygen atoms in total. The van der Waals surface area contributed by atoms with Crippen LogP contribution in [0.3, 0.4) is 0 Å². The average molecular weight is 239 g/mol. The molecule has 0 saturated heterocycles. The van der Waals surface area contributed by atoms with Gasteiger partial charge in [-0.15, -0.1) is 0 Å². The van der Waals surface area contributed by atoms with E-state index in [1.807, 2.05) is 61.5 Å². The van der Waals surface area contributed by atoms with Gasteiger partial charge in [0.15, 0.2) is 5.78 Å². The van der Waals surface area contributed by atoms with E-state index >= 15 is 0 Å². The molecule has 2 rings (SSSR count). The summed E-state index contributed by atoms with van der Waals surface area (Å²) < 4.78 is 0. The van der Waals surface area contributed by atoms with Crippen molar-refractivity contribution in [3.05, 3.63) is 71.3 Å². The van der Waals surface area contributed by atoms with Crippen molar-refractivity contribution in [2.75, 3.05) is 6.54 Å². The summed E-state index contributed by atoms with van der Waals surface area (Å²) in [5.41, 5.74) is 3.12. The van der Waals surface area contributed by atoms with E-state index < -0.39 is 0 Å². The van der Waals surface area contributed by atoms with Crippen LogP contribution in [0.2, 0.25) is 0 Å². The van der Waals surface area contributed by atoms with E-state index in [9.17, 15) is 4.79 Å². The summed E-state index contributed by atoms with van der Waals surface area (Å²) in [6, 6.07) is 17.8. The van der Waals surface area contributed by atoms with Crippen LogP contribution >= 0.6 is 0 Å². The first-order valence-corrected chi connectivity index (χ1v) is 6.10. The van der Waals surface area contributed by atoms with Crippen LogP contribution in [0.5, 0.6) is 0 Å². The highest BCUT2D eigenvalue weighted by Gasteiger charge is 2.04. The second-order valence-electron chi connectivity index (χ2n) is 4.38. The first-order valence-electron chi connectivity index (χ1n) is 6.10. The van der Waals surface area contributed by atoms with Crippen molar-refractivity contribution in [1.29, 1.82) is 0 Å². The van der Waals surface area contributed by atoms with Crippen molar-refractivity contribution in [3.63, 3.8) is 0 Å². The molecule has 0 aliphatic heterocycles. The van der Waals surface area contributed by atoms with Crippen molar-refractivity contribution in [2.45, 2.75) is 13.5 Å². The molecule has 0 saturated carbocycles. The molecule has 1 N–H and O–H groups in total. The van der Waals surface area contributed by atoms with Gasteiger partial charge in [-0.25, -0.2) is 0 Å². The van der Waals surface area contributed by atoms with Gasteiger partial charge in [-0.05, 0) is 12.5 Å². The predicted molar refractivity (Wildman–Crippen MR) is 73.7 cm³/mol. The molecule has 0 spiro atoms. The Morgan fingerprint density at radius 1 is 1.00 bits per heavy atom. The van der Waals surface area contributed by atoms with Gasteiger partial charge in [0.1, 0.15) is 0 Å². The Kier molecular flexibility index (Phi) is 4.26. The molecule has 2 aromatic carbocycles. The third-order valence-electron chi connectivity index (χ3n) is 2.83. The minimum atomic E-state index is 0.130. The molecular formula is C16H17NO. The lowest BCUT2D eigenvalue weighted by Gasteiger charge is -2.04. The quantitative estimate of drug-likeness (QED) is 0.813. The lowest BCUT2D eigenvalue weighted by atomic mass is 10.1. The van der Waals surface area contributed by atoms with E-state index in [1.54, 1.807) is 0 Å². The third-order valence-corrected chi connectivity index (χ3v) is 2.83. The Hall–Kier alpha value is -1.93. The standard InChI is InChI=1S/C16H17NO/c1-13-7-9-15(10-8-13)16(18)12-17-11-14-5-3-2-4-6-14/h2-10,17H,11-12H2,1H3. The van der Waals surface area contributed by atoms with Gasteiger partial charge in [0.25, 0.3) is 0 Å². The lowest BCUT2D eigenvalue weighted by Crippen LogP contribution is -2.22. The van der Waals surface area contributed by atoms with Crippen LogP contribution < -0.4 is 5.32 Å². The highest BCUT2D eigenvalue weighted by Crippen LogP contribution is 2.04. The smallest absolute Gasteiger partial charge is 0.176 e. The number of carbonyl (C=O) groups is 1. The van der Waals surface area contributed by atoms with E-state index in [0.717, 1.165) is 12.1 Å². The van der Waals surface area contributed by atoms with Crippen molar-refractivity contribution in [1.82, 2.24) is 5.32 Å². The lowest BCUT2D eigenvalue weighted by molar-refractivity contribution is 0.0991. The van der Waals surface area contributed by atoms with Crippen molar-refractivity contribution < 1.29 is 4.79 Å². The molecular weight excluding hydrogens is 222 g/mol. The molecule has 2 aromatic rings. The van der Waals surface area contributed by atoms with Crippen molar-refractivity contribution in [2.24, 2.45) is 0 Å². The van der Waals surface area contributed by atoms with Gasteiger partial charge in [-0.3, -0.25) is 4.79 Å². The first-order chi connectivity index (χ1) is 8.75. The third kappa shape index (κ3) is 3.54. The summed E-state index contributed by atoms with van der Waals surface area (Å²) in [6.45, 7) is 3.11. The maximum absolute atomic E-state index is 11.9. The first kappa shape index (κ1) is 12.5. The second-order valence-corrected chi connectivity index (χ2v) is 4.38. The maximum Gasteiger partial charge on any atom is 0.176 e. The van der Waals surface area contributed by atoms with E-state index in [1.165, 1.54) is 11.1 Å². The van der Waals surface area contributed by atoms with Gasteiger partial charge in [0.2, 0.25) is 0 Å². The minimum absolute atomic E-state index is 0.130. The van der Waals surface area contributed by atoms with Crippen LogP contribution in [0.4, 0.5) is 0 Å². The van der Waals surface area contributed by atoms with Gasteiger partial charge in [-0.1, -0.05) is 60.2 Å². The summed E-state index contributed by atoms with van der Waals surface area (Å²) in [5.74, 6) is 0.130. The molecule has 0 atom stereocenters. The Morgan fingerprint density at radius 3 is 2.33 bits per heavy atom. The summed E-state index contributed by atoms with van der Waals surface area (Å²) in [6.07, 6.45) is 0. The molecule has 0 fully saturated rings. The van der Waals surface area contributed by atoms with E-state index in [0.29, 0.717) is 6.54 Å². The van der Waals surface area contributed by atoms with E-state index in [2.05, 4.69) is 5.32 Å². The molecule has 0 radical (unpaired) electrons. The van der Waals surface area contributed by atoms with Gasteiger partial charge < -0.3 is 5.32 Å². The fourth-order valence-electron chi connectivity index (χ4n) is 1.76. The van der Waals surface area contributed by atoms with Crippen LogP contribution in [0.1, 0.15) is 21.5 Å². The molecule has 0 aliphatic rings. The Bertz CT molecular complexity index is 502. The summed E-state index contributed by atoms with van der Waals surface area (Å²) in [4.78, 5) is 11.9. The summed E-state index contributed by atoms with van der Waals surface area (Å²) in [5, 5.41) is 3.17. The van der Waals surface area contributed by atoms with E-state index in [4.69, 9.17) is 0 Å². The topological polar surface area (TPSA) is 29.1 Å². The van der Waals surface area contributed by atoms with Crippen LogP contribution in [0.25, 0.3) is 0 Å². The molecule has 0 aromatic heterocycles. The zero-order valence-electron chi connectivity index (χ0n) is 10.5. The van der Waals surface area contributed by atoms with Crippen molar-refractivity contribution in [3.8, 4) is 0 Å². The zero-order chi connectivity index (χ0) is 12.8. The van der Waals surface area contributed by atoms with Crippen LogP contribution in [0, 0.1) is 6.92 Å². The van der Waals surface area contributed by atoms with Crippen molar-refractivity contribution >= 4 is 5.78 Å². The molecule has 2 heteroatoms. The largest absolute Gasteiger partial charge is 0.306 e. The van der Waals surface area contributed by atoms with Gasteiger partial charge in [0.05, 0.1) is 6.54 Å². The average Bonchev–Trinajstić information content (AvgIpc) is 2.40. The number of hydrogen-bond acceptors (Lipinski definition) is 2. The number of carbonyl (C=O) groups excluding carboxylic acids is 1. The number of nitrogens with one attached hydrogen (secondary N) is 1. The molecule has 0 aliphatic carbocycles. The fraction of sp³-hybridized carbons (Fsp3) is 0.188. The number of rotatable bonds is 5. The Morgan fingerprint density at radius 2 is 1.67 bits per heavy atom. The predicted octanol–water partition coefficient (Wildman–Crippen LogP) is 2.97. The zero-order valence-corrected chi connectivity index (χ0v) is 10.5. The Balaban J connectivity index is 1.84. The second kappa shape index (κ2) is 6.12. The van der Waals surface area contributed by atoms with Crippen LogP contribution in [-0.4, -0.2) is 12.3 Å². The minimum Gasteiger partial charge on any atom is -0.306 e. The van der Waals surface area contributed by atoms with Gasteiger partial charge in [0, 0.05) is 12.1 Å². The summed E-state index contributed by atoms with van der Waals surface area (Å²) in [7, 11) is 0. The van der Waals surface area contributed by atoms with Crippen LogP contribution in [0.15, 0.2) is 54.6 Å². The molecule has 0 amide bonds. The number of Topliss-reactive ketones (excluding diaryl/α,β-unsaturated/α-hetero) is 1. The highest BCUT2D eigenvalue weighted by atomic mass is 16.1. The fourth-order valence-corrected chi connectivity index (χ4v) is 1.76. The highest BCUT2D eigenvalue weighted by molar-refractivity contribution is 5.97. The SMILES string of the molecule is Cc1ccc(C(=O)CNCc2ccccc2)cc1. The van der Waals surface area contributed by atoms with E-state index in [-0.39, 0.29) is 5.78 Å². The normalized spacial score (nSPS) is 10.3. The molecule has 92 valence electrons. The van der Waals surface area contributed by atoms with Crippen LogP contribution in [-0.2, 0) is 6.54 Å². The van der Waals surface area contributed by atoms with Gasteiger partial charge in [-0.2, -0.15) is 0 Å². The number of benzene rings is 2. The summed E-state index contributed by atoms with van der Waals surface area (Å²) >= 11 is 0. The number of hydrogen-bond donors (Lipinski definition) is 1. The molecule has 0 bridgehead atoms. The van der Waals surface area contributed by atoms with Gasteiger partial charge >= 0.3 is 0 Å². The molecule has 0 heterocycles. The number of aryl methyl sites for hydroxylation is 1.